The molecule has 2 rings (SSSR count). The Morgan fingerprint density at radius 3 is 2.59 bits per heavy atom. The van der Waals surface area contributed by atoms with Crippen LogP contribution in [0.1, 0.15) is 0 Å². The number of rotatable bonds is 2. The molecular weight excluding hydrogens is 216 g/mol. The van der Waals surface area contributed by atoms with E-state index in [4.69, 9.17) is 0 Å². The molecule has 1 aromatic heterocycles. The SMILES string of the molecule is CN1CCN(c2ccc(N(C)C)nc2)C(=O)C1. The lowest BCUT2D eigenvalue weighted by atomic mass is 10.2. The fraction of sp³-hybridized carbons (Fsp3) is 0.500. The molecule has 0 unspecified atom stereocenters. The molecule has 0 spiro atoms. The number of hydrogen-bond donors (Lipinski definition) is 0. The van der Waals surface area contributed by atoms with Gasteiger partial charge in [0.1, 0.15) is 5.82 Å². The number of hydrogen-bond acceptors (Lipinski definition) is 4. The van der Waals surface area contributed by atoms with Crippen LogP contribution in [0, 0.1) is 0 Å². The van der Waals surface area contributed by atoms with Gasteiger partial charge in [-0.1, -0.05) is 0 Å². The lowest BCUT2D eigenvalue weighted by Crippen LogP contribution is -2.48. The zero-order valence-corrected chi connectivity index (χ0v) is 10.6. The number of carbonyl (C=O) groups excluding carboxylic acids is 1. The first-order valence-electron chi connectivity index (χ1n) is 5.70. The fourth-order valence-electron chi connectivity index (χ4n) is 1.87. The molecular formula is C12H18N4O. The molecule has 0 N–H and O–H groups in total. The Labute approximate surface area is 102 Å². The Balaban J connectivity index is 2.14. The monoisotopic (exact) mass is 234 g/mol. The van der Waals surface area contributed by atoms with Crippen molar-refractivity contribution in [2.75, 3.05) is 50.6 Å². The Morgan fingerprint density at radius 2 is 2.06 bits per heavy atom. The summed E-state index contributed by atoms with van der Waals surface area (Å²) in [6.07, 6.45) is 1.76. The number of anilines is 2. The molecule has 0 saturated carbocycles. The van der Waals surface area contributed by atoms with Gasteiger partial charge in [-0.15, -0.1) is 0 Å². The van der Waals surface area contributed by atoms with Gasteiger partial charge in [0.15, 0.2) is 0 Å². The maximum absolute atomic E-state index is 11.9. The summed E-state index contributed by atoms with van der Waals surface area (Å²) in [5.41, 5.74) is 0.883. The molecule has 1 saturated heterocycles. The Hall–Kier alpha value is -1.62. The number of piperazine rings is 1. The van der Waals surface area contributed by atoms with Gasteiger partial charge >= 0.3 is 0 Å². The molecule has 92 valence electrons. The van der Waals surface area contributed by atoms with Crippen molar-refractivity contribution in [1.29, 1.82) is 0 Å². The number of aromatic nitrogens is 1. The van der Waals surface area contributed by atoms with Gasteiger partial charge in [-0.3, -0.25) is 9.69 Å². The first kappa shape index (κ1) is 11.9. The summed E-state index contributed by atoms with van der Waals surface area (Å²) in [6.45, 7) is 2.12. The van der Waals surface area contributed by atoms with Crippen molar-refractivity contribution in [2.24, 2.45) is 0 Å². The van der Waals surface area contributed by atoms with E-state index in [1.54, 1.807) is 11.1 Å². The first-order valence-corrected chi connectivity index (χ1v) is 5.70. The highest BCUT2D eigenvalue weighted by atomic mass is 16.2. The molecule has 0 aromatic carbocycles. The zero-order chi connectivity index (χ0) is 12.4. The molecule has 0 bridgehead atoms. The third kappa shape index (κ3) is 2.55. The molecule has 0 atom stereocenters. The average molecular weight is 234 g/mol. The van der Waals surface area contributed by atoms with E-state index in [-0.39, 0.29) is 5.91 Å². The van der Waals surface area contributed by atoms with Crippen molar-refractivity contribution in [1.82, 2.24) is 9.88 Å². The van der Waals surface area contributed by atoms with Crippen LogP contribution >= 0.6 is 0 Å². The topological polar surface area (TPSA) is 39.7 Å². The third-order valence-corrected chi connectivity index (χ3v) is 2.91. The predicted molar refractivity (Wildman–Crippen MR) is 68.4 cm³/mol. The molecule has 0 radical (unpaired) electrons. The van der Waals surface area contributed by atoms with Crippen molar-refractivity contribution in [3.63, 3.8) is 0 Å². The van der Waals surface area contributed by atoms with E-state index < -0.39 is 0 Å². The van der Waals surface area contributed by atoms with Crippen LogP contribution in [0.4, 0.5) is 11.5 Å². The maximum Gasteiger partial charge on any atom is 0.241 e. The first-order chi connectivity index (χ1) is 8.08. The van der Waals surface area contributed by atoms with Crippen molar-refractivity contribution in [3.05, 3.63) is 18.3 Å². The van der Waals surface area contributed by atoms with Crippen molar-refractivity contribution in [2.45, 2.75) is 0 Å². The molecule has 1 aliphatic rings. The van der Waals surface area contributed by atoms with Gasteiger partial charge < -0.3 is 9.80 Å². The standard InChI is InChI=1S/C12H18N4O/c1-14(2)11-5-4-10(8-13-11)16-7-6-15(3)9-12(16)17/h4-5,8H,6-7,9H2,1-3H3. The molecule has 17 heavy (non-hydrogen) atoms. The smallest absolute Gasteiger partial charge is 0.241 e. The lowest BCUT2D eigenvalue weighted by Gasteiger charge is -2.32. The molecule has 1 amide bonds. The second-order valence-electron chi connectivity index (χ2n) is 4.55. The summed E-state index contributed by atoms with van der Waals surface area (Å²) < 4.78 is 0. The van der Waals surface area contributed by atoms with E-state index in [9.17, 15) is 4.79 Å². The quantitative estimate of drug-likeness (QED) is 0.744. The zero-order valence-electron chi connectivity index (χ0n) is 10.6. The molecule has 1 fully saturated rings. The van der Waals surface area contributed by atoms with E-state index in [0.717, 1.165) is 24.6 Å². The van der Waals surface area contributed by atoms with E-state index in [1.165, 1.54) is 0 Å². The minimum Gasteiger partial charge on any atom is -0.363 e. The van der Waals surface area contributed by atoms with E-state index >= 15 is 0 Å². The summed E-state index contributed by atoms with van der Waals surface area (Å²) in [4.78, 5) is 22.0. The molecule has 5 nitrogen and oxygen atoms in total. The Kier molecular flexibility index (Phi) is 3.28. The van der Waals surface area contributed by atoms with Crippen molar-refractivity contribution < 1.29 is 4.79 Å². The van der Waals surface area contributed by atoms with E-state index in [0.29, 0.717) is 6.54 Å². The predicted octanol–water partition coefficient (Wildman–Crippen LogP) is 0.426. The van der Waals surface area contributed by atoms with Gasteiger partial charge in [-0.05, 0) is 19.2 Å². The van der Waals surface area contributed by atoms with Gasteiger partial charge in [0, 0.05) is 27.2 Å². The van der Waals surface area contributed by atoms with Crippen LogP contribution in [0.25, 0.3) is 0 Å². The Morgan fingerprint density at radius 1 is 1.29 bits per heavy atom. The average Bonchev–Trinajstić information content (AvgIpc) is 2.29. The maximum atomic E-state index is 11.9. The molecule has 1 aromatic rings. The van der Waals surface area contributed by atoms with Crippen LogP contribution in [0.3, 0.4) is 0 Å². The van der Waals surface area contributed by atoms with Gasteiger partial charge in [0.2, 0.25) is 5.91 Å². The normalized spacial score (nSPS) is 17.4. The van der Waals surface area contributed by atoms with Gasteiger partial charge in [-0.25, -0.2) is 4.98 Å². The van der Waals surface area contributed by atoms with Gasteiger partial charge in [-0.2, -0.15) is 0 Å². The highest BCUT2D eigenvalue weighted by Crippen LogP contribution is 2.18. The third-order valence-electron chi connectivity index (χ3n) is 2.91. The summed E-state index contributed by atoms with van der Waals surface area (Å²) in [5.74, 6) is 1.04. The van der Waals surface area contributed by atoms with Crippen LogP contribution in [-0.4, -0.2) is 56.6 Å². The molecule has 5 heteroatoms. The second-order valence-corrected chi connectivity index (χ2v) is 4.55. The second kappa shape index (κ2) is 4.71. The summed E-state index contributed by atoms with van der Waals surface area (Å²) in [5, 5.41) is 0. The lowest BCUT2D eigenvalue weighted by molar-refractivity contribution is -0.120. The van der Waals surface area contributed by atoms with Gasteiger partial charge in [0.25, 0.3) is 0 Å². The number of carbonyl (C=O) groups is 1. The van der Waals surface area contributed by atoms with Crippen LogP contribution in [0.2, 0.25) is 0 Å². The van der Waals surface area contributed by atoms with Crippen LogP contribution < -0.4 is 9.80 Å². The number of pyridine rings is 1. The minimum atomic E-state index is 0.137. The minimum absolute atomic E-state index is 0.137. The Bertz CT molecular complexity index is 401. The van der Waals surface area contributed by atoms with Gasteiger partial charge in [0.05, 0.1) is 18.4 Å². The highest BCUT2D eigenvalue weighted by molar-refractivity contribution is 5.95. The summed E-state index contributed by atoms with van der Waals surface area (Å²) >= 11 is 0. The van der Waals surface area contributed by atoms with E-state index in [1.807, 2.05) is 43.1 Å². The van der Waals surface area contributed by atoms with Crippen LogP contribution in [0.5, 0.6) is 0 Å². The summed E-state index contributed by atoms with van der Waals surface area (Å²) in [6, 6.07) is 3.88. The number of nitrogens with zero attached hydrogens (tertiary/aromatic N) is 4. The fourth-order valence-corrected chi connectivity index (χ4v) is 1.87. The van der Waals surface area contributed by atoms with Crippen molar-refractivity contribution >= 4 is 17.4 Å². The van der Waals surface area contributed by atoms with E-state index in [2.05, 4.69) is 4.98 Å². The largest absolute Gasteiger partial charge is 0.363 e. The summed E-state index contributed by atoms with van der Waals surface area (Å²) in [7, 11) is 5.86. The highest BCUT2D eigenvalue weighted by Gasteiger charge is 2.22. The molecule has 2 heterocycles. The number of amides is 1. The van der Waals surface area contributed by atoms with Crippen LogP contribution in [-0.2, 0) is 4.79 Å². The van der Waals surface area contributed by atoms with Crippen LogP contribution in [0.15, 0.2) is 18.3 Å². The van der Waals surface area contributed by atoms with Crippen molar-refractivity contribution in [3.8, 4) is 0 Å². The molecule has 0 aliphatic carbocycles. The number of likely N-dealkylation sites (N-methyl/N-ethyl adjacent to an activating group) is 1. The molecule has 1 aliphatic heterocycles.